The summed E-state index contributed by atoms with van der Waals surface area (Å²) < 4.78 is 85.3. The monoisotopic (exact) mass is 833 g/mol. The van der Waals surface area contributed by atoms with Gasteiger partial charge in [-0.3, -0.25) is 14.5 Å². The van der Waals surface area contributed by atoms with E-state index >= 15 is 0 Å². The molecule has 2 aliphatic heterocycles. The second kappa shape index (κ2) is 15.7. The van der Waals surface area contributed by atoms with Crippen LogP contribution in [-0.4, -0.2) is 85.7 Å². The zero-order valence-electron chi connectivity index (χ0n) is 43.0. The number of hydrogen-bond donors (Lipinski definition) is 2. The Morgan fingerprint density at radius 1 is 0.847 bits per heavy atom. The molecule has 2 aromatic carbocycles. The van der Waals surface area contributed by atoms with Crippen molar-refractivity contribution in [1.82, 2.24) is 28.9 Å². The van der Waals surface area contributed by atoms with Gasteiger partial charge in [0.05, 0.1) is 39.4 Å². The maximum Gasteiger partial charge on any atom is 0.410 e. The lowest BCUT2D eigenvalue weighted by atomic mass is 9.80. The highest BCUT2D eigenvalue weighted by Crippen LogP contribution is 2.63. The summed E-state index contributed by atoms with van der Waals surface area (Å²) in [5.74, 6) is -2.15. The molecular formula is C45H57ClN8O5. The molecule has 8 rings (SSSR count). The summed E-state index contributed by atoms with van der Waals surface area (Å²) in [6.07, 6.45) is 5.72. The lowest BCUT2D eigenvalue weighted by Gasteiger charge is -2.32. The second-order valence-corrected chi connectivity index (χ2v) is 18.2. The Kier molecular flexibility index (Phi) is 8.31. The molecule has 3 amide bonds. The van der Waals surface area contributed by atoms with Gasteiger partial charge in [-0.15, -0.1) is 0 Å². The van der Waals surface area contributed by atoms with Crippen molar-refractivity contribution in [2.45, 2.75) is 97.8 Å². The van der Waals surface area contributed by atoms with Crippen molar-refractivity contribution >= 4 is 40.9 Å². The predicted octanol–water partition coefficient (Wildman–Crippen LogP) is 7.93. The van der Waals surface area contributed by atoms with Crippen molar-refractivity contribution in [2.75, 3.05) is 43.9 Å². The summed E-state index contributed by atoms with van der Waals surface area (Å²) in [6, 6.07) is 10.1. The number of nitrogens with zero attached hydrogens (tertiary/aromatic N) is 6. The highest BCUT2D eigenvalue weighted by Gasteiger charge is 2.53. The van der Waals surface area contributed by atoms with Crippen LogP contribution in [0.1, 0.15) is 121 Å². The van der Waals surface area contributed by atoms with E-state index in [0.29, 0.717) is 59.0 Å². The van der Waals surface area contributed by atoms with E-state index in [1.807, 2.05) is 0 Å². The van der Waals surface area contributed by atoms with Crippen LogP contribution >= 0.6 is 11.6 Å². The minimum atomic E-state index is -2.75. The van der Waals surface area contributed by atoms with Gasteiger partial charge in [-0.05, 0) is 107 Å². The van der Waals surface area contributed by atoms with E-state index in [9.17, 15) is 14.4 Å². The first-order valence-corrected chi connectivity index (χ1v) is 20.6. The molecule has 0 radical (unpaired) electrons. The summed E-state index contributed by atoms with van der Waals surface area (Å²) in [4.78, 5) is 53.6. The Balaban J connectivity index is 0.974. The van der Waals surface area contributed by atoms with Crippen molar-refractivity contribution in [2.24, 2.45) is 24.8 Å². The fraction of sp³-hybridized carbons (Fsp3) is 0.533. The average molecular weight is 835 g/mol. The number of imidazole rings is 2. The zero-order chi connectivity index (χ0) is 49.4. The lowest BCUT2D eigenvalue weighted by Crippen LogP contribution is -2.40. The molecule has 2 aliphatic carbocycles. The topological polar surface area (TPSA) is 136 Å². The third-order valence-electron chi connectivity index (χ3n) is 12.7. The number of aromatic nitrogens is 4. The summed E-state index contributed by atoms with van der Waals surface area (Å²) in [7, 11) is -2.41. The number of carbonyl (C=O) groups is 3. The van der Waals surface area contributed by atoms with E-state index < -0.39 is 44.5 Å². The van der Waals surface area contributed by atoms with Gasteiger partial charge in [-0.25, -0.2) is 14.8 Å². The molecule has 2 saturated carbocycles. The Hall–Kier alpha value is -4.72. The molecular weight excluding hydrogens is 768 g/mol. The number of amides is 3. The fourth-order valence-corrected chi connectivity index (χ4v) is 9.87. The Labute approximate surface area is 364 Å². The van der Waals surface area contributed by atoms with Gasteiger partial charge in [0.15, 0.2) is 11.6 Å². The minimum Gasteiger partial charge on any atom is -0.444 e. The summed E-state index contributed by atoms with van der Waals surface area (Å²) in [5.41, 5.74) is 3.05. The zero-order valence-corrected chi connectivity index (χ0v) is 34.7. The third kappa shape index (κ3) is 8.01. The molecule has 2 bridgehead atoms. The Morgan fingerprint density at radius 3 is 2.12 bits per heavy atom. The minimum absolute atomic E-state index is 0.0364. The molecule has 0 saturated heterocycles. The van der Waals surface area contributed by atoms with Gasteiger partial charge >= 0.3 is 6.09 Å². The smallest absolute Gasteiger partial charge is 0.410 e. The number of anilines is 2. The van der Waals surface area contributed by atoms with Crippen molar-refractivity contribution in [3.63, 3.8) is 0 Å². The molecule has 4 aliphatic rings. The van der Waals surface area contributed by atoms with Crippen LogP contribution in [0.15, 0.2) is 36.4 Å². The molecule has 59 heavy (non-hydrogen) atoms. The average Bonchev–Trinajstić information content (AvgIpc) is 4.02. The molecule has 14 heteroatoms. The normalized spacial score (nSPS) is 24.2. The van der Waals surface area contributed by atoms with Gasteiger partial charge in [0.2, 0.25) is 0 Å². The van der Waals surface area contributed by atoms with E-state index in [0.717, 1.165) is 54.2 Å². The third-order valence-corrected chi connectivity index (χ3v) is 13.2. The van der Waals surface area contributed by atoms with Gasteiger partial charge in [-0.1, -0.05) is 35.9 Å². The lowest BCUT2D eigenvalue weighted by molar-refractivity contribution is 0.0220. The van der Waals surface area contributed by atoms with Gasteiger partial charge in [0.25, 0.3) is 11.8 Å². The molecule has 4 aromatic rings. The first-order valence-electron chi connectivity index (χ1n) is 24.7. The maximum absolute atomic E-state index is 14.1. The van der Waals surface area contributed by atoms with E-state index in [1.54, 1.807) is 64.1 Å². The van der Waals surface area contributed by atoms with Crippen LogP contribution in [0.25, 0.3) is 11.1 Å². The number of benzene rings is 2. The molecule has 13 nitrogen and oxygen atoms in total. The van der Waals surface area contributed by atoms with E-state index in [1.165, 1.54) is 4.90 Å². The number of carbonyl (C=O) groups excluding carboxylic acids is 3. The van der Waals surface area contributed by atoms with Gasteiger partial charge in [-0.2, -0.15) is 0 Å². The Bertz CT molecular complexity index is 2630. The largest absolute Gasteiger partial charge is 0.444 e. The van der Waals surface area contributed by atoms with Crippen LogP contribution in [0.3, 0.4) is 0 Å². The van der Waals surface area contributed by atoms with Crippen molar-refractivity contribution in [3.05, 3.63) is 81.4 Å². The van der Waals surface area contributed by atoms with Gasteiger partial charge < -0.3 is 34.1 Å². The second-order valence-electron chi connectivity index (χ2n) is 17.8. The fourth-order valence-electron chi connectivity index (χ4n) is 9.59. The van der Waals surface area contributed by atoms with Crippen LogP contribution in [0.2, 0.25) is 5.02 Å². The molecule has 2 aromatic heterocycles. The quantitative estimate of drug-likeness (QED) is 0.165. The number of hydrogen-bond acceptors (Lipinski definition) is 8. The highest BCUT2D eigenvalue weighted by atomic mass is 35.5. The van der Waals surface area contributed by atoms with Crippen LogP contribution < -0.4 is 10.6 Å². The van der Waals surface area contributed by atoms with Crippen molar-refractivity contribution < 1.29 is 36.2 Å². The Morgan fingerprint density at radius 2 is 1.46 bits per heavy atom. The van der Waals surface area contributed by atoms with Crippen molar-refractivity contribution in [1.29, 1.82) is 0 Å². The molecule has 314 valence electrons. The number of methoxy groups -OCH3 is 1. The van der Waals surface area contributed by atoms with Gasteiger partial charge in [0, 0.05) is 84.3 Å². The first-order chi connectivity index (χ1) is 31.6. The SMILES string of the molecule is [2H]C([2H])([2H])OCC12CCC(CCN3CCc4c(nc(C(=O)Nc5cccc(-c6cccc(NC(=O)c7nc8c(n7C([2H])([2H])[2H])CCN(C(=O)OC(C)(C)C)C8)c6C)c5Cl)n4C([2H])([2H])[2H])C3)(CC1)C2. The molecule has 2 fully saturated rings. The summed E-state index contributed by atoms with van der Waals surface area (Å²) in [5, 5.41) is 5.75. The van der Waals surface area contributed by atoms with E-state index in [-0.39, 0.29) is 65.0 Å². The number of fused-ring (bicyclic) bond motifs is 4. The highest BCUT2D eigenvalue weighted by molar-refractivity contribution is 6.36. The van der Waals surface area contributed by atoms with Gasteiger partial charge in [0.1, 0.15) is 5.60 Å². The summed E-state index contributed by atoms with van der Waals surface area (Å²) >= 11 is 7.02. The molecule has 2 N–H and O–H groups in total. The molecule has 0 atom stereocenters. The van der Waals surface area contributed by atoms with Crippen LogP contribution in [-0.2, 0) is 49.4 Å². The number of nitrogens with one attached hydrogen (secondary N) is 2. The van der Waals surface area contributed by atoms with Crippen molar-refractivity contribution in [3.8, 4) is 11.1 Å². The summed E-state index contributed by atoms with van der Waals surface area (Å²) in [6.45, 7) is 3.64. The molecule has 4 heterocycles. The molecule has 0 spiro atoms. The maximum atomic E-state index is 14.1. The molecule has 0 unspecified atom stereocenters. The van der Waals surface area contributed by atoms with Crippen LogP contribution in [0.5, 0.6) is 0 Å². The van der Waals surface area contributed by atoms with Crippen LogP contribution in [0.4, 0.5) is 16.2 Å². The number of rotatable bonds is 10. The predicted molar refractivity (Wildman–Crippen MR) is 228 cm³/mol. The van der Waals surface area contributed by atoms with E-state index in [2.05, 4.69) is 25.5 Å². The standard InChI is InChI=1S/C45H57ClN8O5/c1-28-29(10-8-12-31(28)49-40(55)38-48-34-25-54(22-15-36(34)52(38)6)42(57)59-43(2,3)4)30-11-9-13-32(37(30)46)50-41(56)39-47-33-24-53(21-14-35(33)51(39)5)23-20-44-16-18-45(26-44,19-17-44)27-58-7/h8-13H,14-27H2,1-7H3,(H,49,55)(H,50,56)/i5D3,6D3,7D3. The van der Waals surface area contributed by atoms with E-state index in [4.69, 9.17) is 33.4 Å². The number of halogens is 1. The number of ether oxygens (including phenoxy) is 2. The van der Waals surface area contributed by atoms with Crippen LogP contribution in [0, 0.1) is 17.8 Å². The first kappa shape index (κ1) is 31.2.